The molecule has 1 saturated heterocycles. The van der Waals surface area contributed by atoms with Crippen LogP contribution >= 0.6 is 0 Å². The minimum Gasteiger partial charge on any atom is -0.490 e. The molecule has 2 aromatic carbocycles. The predicted molar refractivity (Wildman–Crippen MR) is 84.5 cm³/mol. The zero-order valence-electron chi connectivity index (χ0n) is 12.3. The number of nitrogens with two attached hydrogens (primary N) is 1. The summed E-state index contributed by atoms with van der Waals surface area (Å²) in [6.07, 6.45) is -0.729. The fourth-order valence-corrected chi connectivity index (χ4v) is 2.33. The highest BCUT2D eigenvalue weighted by Gasteiger charge is 2.32. The second kappa shape index (κ2) is 6.39. The highest BCUT2D eigenvalue weighted by Crippen LogP contribution is 2.22. The highest BCUT2D eigenvalue weighted by molar-refractivity contribution is 5.92. The first kappa shape index (κ1) is 14.9. The molecule has 0 aliphatic carbocycles. The smallest absolute Gasteiger partial charge is 0.414 e. The van der Waals surface area contributed by atoms with Crippen LogP contribution in [0.25, 0.3) is 0 Å². The van der Waals surface area contributed by atoms with E-state index in [4.69, 9.17) is 15.2 Å². The van der Waals surface area contributed by atoms with Crippen LogP contribution < -0.4 is 15.4 Å². The van der Waals surface area contributed by atoms with Crippen LogP contribution in [-0.2, 0) is 4.74 Å². The molecule has 1 heterocycles. The zero-order chi connectivity index (χ0) is 16.2. The number of benzene rings is 2. The molecular formula is C17H16N2O4. The van der Waals surface area contributed by atoms with E-state index in [9.17, 15) is 9.59 Å². The third-order valence-corrected chi connectivity index (χ3v) is 3.52. The van der Waals surface area contributed by atoms with Gasteiger partial charge in [0.2, 0.25) is 5.91 Å². The van der Waals surface area contributed by atoms with Crippen LogP contribution in [0.3, 0.4) is 0 Å². The summed E-state index contributed by atoms with van der Waals surface area (Å²) in [6, 6.07) is 15.8. The first-order valence-corrected chi connectivity index (χ1v) is 7.19. The molecule has 1 aliphatic rings. The van der Waals surface area contributed by atoms with Crippen molar-refractivity contribution >= 4 is 17.7 Å². The van der Waals surface area contributed by atoms with Gasteiger partial charge in [0.05, 0.1) is 6.54 Å². The topological polar surface area (TPSA) is 81.9 Å². The lowest BCUT2D eigenvalue weighted by Gasteiger charge is -2.13. The number of hydrogen-bond donors (Lipinski definition) is 1. The van der Waals surface area contributed by atoms with Gasteiger partial charge in [0.15, 0.2) is 6.10 Å². The zero-order valence-corrected chi connectivity index (χ0v) is 12.3. The van der Waals surface area contributed by atoms with E-state index in [2.05, 4.69) is 0 Å². The van der Waals surface area contributed by atoms with Crippen molar-refractivity contribution in [3.63, 3.8) is 0 Å². The van der Waals surface area contributed by atoms with Gasteiger partial charge in [-0.05, 0) is 36.4 Å². The molecule has 0 bridgehead atoms. The molecule has 0 saturated carbocycles. The van der Waals surface area contributed by atoms with Crippen molar-refractivity contribution in [1.82, 2.24) is 0 Å². The Kier molecular flexibility index (Phi) is 4.14. The van der Waals surface area contributed by atoms with E-state index in [-0.39, 0.29) is 18.8 Å². The molecule has 0 aromatic heterocycles. The molecule has 3 rings (SSSR count). The summed E-state index contributed by atoms with van der Waals surface area (Å²) in [5.41, 5.74) is 6.39. The monoisotopic (exact) mass is 312 g/mol. The summed E-state index contributed by atoms with van der Waals surface area (Å²) in [4.78, 5) is 24.5. The number of nitrogens with zero attached hydrogens (tertiary/aromatic N) is 1. The van der Waals surface area contributed by atoms with Crippen LogP contribution in [0.1, 0.15) is 10.4 Å². The molecule has 1 atom stereocenters. The minimum absolute atomic E-state index is 0.241. The fraction of sp³-hybridized carbons (Fsp3) is 0.176. The summed E-state index contributed by atoms with van der Waals surface area (Å²) in [7, 11) is 0. The standard InChI is InChI=1S/C17H16N2O4/c18-16(20)12-6-8-14(9-7-12)22-11-15-10-19(17(21)23-15)13-4-2-1-3-5-13/h1-9,15H,10-11H2,(H2,18,20). The van der Waals surface area contributed by atoms with Crippen molar-refractivity contribution in [3.05, 3.63) is 60.2 Å². The number of rotatable bonds is 5. The number of primary amides is 1. The lowest BCUT2D eigenvalue weighted by atomic mass is 10.2. The van der Waals surface area contributed by atoms with Gasteiger partial charge in [0.25, 0.3) is 0 Å². The summed E-state index contributed by atoms with van der Waals surface area (Å²) in [5, 5.41) is 0. The van der Waals surface area contributed by atoms with E-state index >= 15 is 0 Å². The molecule has 2 amide bonds. The third kappa shape index (κ3) is 3.42. The number of carbonyl (C=O) groups is 2. The molecule has 2 N–H and O–H groups in total. The van der Waals surface area contributed by atoms with Gasteiger partial charge in [-0.3, -0.25) is 9.69 Å². The lowest BCUT2D eigenvalue weighted by molar-refractivity contribution is 0.0997. The molecular weight excluding hydrogens is 296 g/mol. The molecule has 6 heteroatoms. The Hall–Kier alpha value is -3.02. The SMILES string of the molecule is NC(=O)c1ccc(OCC2CN(c3ccccc3)C(=O)O2)cc1. The Morgan fingerprint density at radius 3 is 2.52 bits per heavy atom. The van der Waals surface area contributed by atoms with Crippen LogP contribution in [0.4, 0.5) is 10.5 Å². The molecule has 1 aliphatic heterocycles. The maximum atomic E-state index is 11.9. The molecule has 6 nitrogen and oxygen atoms in total. The molecule has 118 valence electrons. The van der Waals surface area contributed by atoms with Gasteiger partial charge in [-0.2, -0.15) is 0 Å². The molecule has 1 fully saturated rings. The lowest BCUT2D eigenvalue weighted by Crippen LogP contribution is -2.26. The average molecular weight is 312 g/mol. The number of carbonyl (C=O) groups excluding carboxylic acids is 2. The van der Waals surface area contributed by atoms with E-state index in [1.54, 1.807) is 29.2 Å². The number of para-hydroxylation sites is 1. The van der Waals surface area contributed by atoms with Crippen molar-refractivity contribution in [1.29, 1.82) is 0 Å². The Morgan fingerprint density at radius 1 is 1.17 bits per heavy atom. The number of amides is 2. The van der Waals surface area contributed by atoms with E-state index in [0.29, 0.717) is 17.9 Å². The van der Waals surface area contributed by atoms with Crippen molar-refractivity contribution < 1.29 is 19.1 Å². The van der Waals surface area contributed by atoms with Crippen molar-refractivity contribution in [2.24, 2.45) is 5.73 Å². The van der Waals surface area contributed by atoms with Crippen molar-refractivity contribution in [2.45, 2.75) is 6.10 Å². The van der Waals surface area contributed by atoms with Crippen molar-refractivity contribution in [2.75, 3.05) is 18.1 Å². The van der Waals surface area contributed by atoms with Crippen LogP contribution in [0.2, 0.25) is 0 Å². The summed E-state index contributed by atoms with van der Waals surface area (Å²) < 4.78 is 10.9. The summed E-state index contributed by atoms with van der Waals surface area (Å²) in [5.74, 6) is 0.101. The first-order valence-electron chi connectivity index (χ1n) is 7.19. The van der Waals surface area contributed by atoms with E-state index in [1.165, 1.54) is 0 Å². The third-order valence-electron chi connectivity index (χ3n) is 3.52. The first-order chi connectivity index (χ1) is 11.1. The van der Waals surface area contributed by atoms with Crippen molar-refractivity contribution in [3.8, 4) is 5.75 Å². The van der Waals surface area contributed by atoms with Gasteiger partial charge in [0.1, 0.15) is 12.4 Å². The van der Waals surface area contributed by atoms with Crippen LogP contribution in [-0.4, -0.2) is 31.3 Å². The Bertz CT molecular complexity index is 700. The second-order valence-electron chi connectivity index (χ2n) is 5.15. The maximum Gasteiger partial charge on any atom is 0.414 e. The summed E-state index contributed by atoms with van der Waals surface area (Å²) >= 11 is 0. The Morgan fingerprint density at radius 2 is 1.87 bits per heavy atom. The fourth-order valence-electron chi connectivity index (χ4n) is 2.33. The minimum atomic E-state index is -0.486. The number of anilines is 1. The predicted octanol–water partition coefficient (Wildman–Crippen LogP) is 2.19. The molecule has 2 aromatic rings. The van der Waals surface area contributed by atoms with Crippen LogP contribution in [0, 0.1) is 0 Å². The van der Waals surface area contributed by atoms with Gasteiger partial charge in [0, 0.05) is 11.3 Å². The second-order valence-corrected chi connectivity index (χ2v) is 5.15. The van der Waals surface area contributed by atoms with Gasteiger partial charge in [-0.1, -0.05) is 18.2 Å². The Balaban J connectivity index is 1.57. The largest absolute Gasteiger partial charge is 0.490 e. The number of ether oxygens (including phenoxy) is 2. The van der Waals surface area contributed by atoms with Gasteiger partial charge in [-0.15, -0.1) is 0 Å². The Labute approximate surface area is 133 Å². The van der Waals surface area contributed by atoms with Gasteiger partial charge < -0.3 is 15.2 Å². The van der Waals surface area contributed by atoms with Crippen LogP contribution in [0.5, 0.6) is 5.75 Å². The maximum absolute atomic E-state index is 11.9. The van der Waals surface area contributed by atoms with E-state index < -0.39 is 5.91 Å². The van der Waals surface area contributed by atoms with E-state index in [1.807, 2.05) is 30.3 Å². The number of hydrogen-bond acceptors (Lipinski definition) is 4. The molecule has 0 radical (unpaired) electrons. The van der Waals surface area contributed by atoms with E-state index in [0.717, 1.165) is 5.69 Å². The average Bonchev–Trinajstić information content (AvgIpc) is 2.95. The molecule has 23 heavy (non-hydrogen) atoms. The van der Waals surface area contributed by atoms with Gasteiger partial charge in [-0.25, -0.2) is 4.79 Å². The van der Waals surface area contributed by atoms with Gasteiger partial charge >= 0.3 is 6.09 Å². The quantitative estimate of drug-likeness (QED) is 0.917. The number of cyclic esters (lactones) is 1. The molecule has 1 unspecified atom stereocenters. The summed E-state index contributed by atoms with van der Waals surface area (Å²) in [6.45, 7) is 0.674. The molecule has 0 spiro atoms. The van der Waals surface area contributed by atoms with Crippen LogP contribution in [0.15, 0.2) is 54.6 Å². The highest BCUT2D eigenvalue weighted by atomic mass is 16.6. The normalized spacial score (nSPS) is 17.0.